The molecule has 0 spiro atoms. The van der Waals surface area contributed by atoms with Crippen LogP contribution in [0.25, 0.3) is 0 Å². The van der Waals surface area contributed by atoms with E-state index in [0.717, 1.165) is 13.1 Å². The molecule has 3 saturated heterocycles. The average molecular weight is 297 g/mol. The summed E-state index contributed by atoms with van der Waals surface area (Å²) in [4.78, 5) is 14.7. The Kier molecular flexibility index (Phi) is 3.12. The molecule has 1 aromatic carbocycles. The number of hydrazone groups is 1. The summed E-state index contributed by atoms with van der Waals surface area (Å²) in [6.07, 6.45) is 2.39. The second-order valence-electron chi connectivity index (χ2n) is 7.01. The smallest absolute Gasteiger partial charge is 0.240 e. The normalized spacial score (nSPS) is 32.9. The fraction of sp³-hybridized carbons (Fsp3) is 0.556. The van der Waals surface area contributed by atoms with Crippen LogP contribution in [0.3, 0.4) is 0 Å². The SMILES string of the molecule is CC(=O)N1N=C2C3CCN(CC3)C2C1c1cc(C)cc(C)c1. The lowest BCUT2D eigenvalue weighted by molar-refractivity contribution is -0.131. The van der Waals surface area contributed by atoms with Crippen molar-refractivity contribution in [2.24, 2.45) is 11.0 Å². The lowest BCUT2D eigenvalue weighted by Crippen LogP contribution is -2.56. The topological polar surface area (TPSA) is 35.9 Å². The second-order valence-corrected chi connectivity index (χ2v) is 7.01. The van der Waals surface area contributed by atoms with Gasteiger partial charge in [0.05, 0.1) is 11.8 Å². The quantitative estimate of drug-likeness (QED) is 0.799. The van der Waals surface area contributed by atoms with Crippen molar-refractivity contribution in [2.45, 2.75) is 45.7 Å². The zero-order chi connectivity index (χ0) is 15.4. The average Bonchev–Trinajstić information content (AvgIpc) is 2.90. The molecule has 0 aromatic heterocycles. The van der Waals surface area contributed by atoms with Crippen molar-refractivity contribution in [1.82, 2.24) is 9.91 Å². The molecular formula is C18H23N3O. The fourth-order valence-electron chi connectivity index (χ4n) is 4.49. The third-order valence-electron chi connectivity index (χ3n) is 5.34. The van der Waals surface area contributed by atoms with Crippen LogP contribution in [0.5, 0.6) is 0 Å². The molecule has 4 aliphatic rings. The van der Waals surface area contributed by atoms with Gasteiger partial charge in [-0.3, -0.25) is 9.69 Å². The van der Waals surface area contributed by atoms with E-state index in [9.17, 15) is 4.79 Å². The molecule has 2 bridgehead atoms. The molecule has 1 aromatic rings. The van der Waals surface area contributed by atoms with Gasteiger partial charge in [-0.2, -0.15) is 5.10 Å². The molecule has 0 N–H and O–H groups in total. The number of carbonyl (C=O) groups is 1. The summed E-state index contributed by atoms with van der Waals surface area (Å²) in [5.74, 6) is 0.624. The first-order valence-corrected chi connectivity index (χ1v) is 8.25. The minimum absolute atomic E-state index is 0.0478. The molecule has 2 unspecified atom stereocenters. The van der Waals surface area contributed by atoms with Crippen LogP contribution in [0.4, 0.5) is 0 Å². The number of hydrogen-bond acceptors (Lipinski definition) is 3. The van der Waals surface area contributed by atoms with Gasteiger partial charge in [0.15, 0.2) is 0 Å². The van der Waals surface area contributed by atoms with Gasteiger partial charge >= 0.3 is 0 Å². The van der Waals surface area contributed by atoms with Crippen molar-refractivity contribution in [1.29, 1.82) is 0 Å². The number of fused-ring (bicyclic) bond motifs is 2. The molecule has 22 heavy (non-hydrogen) atoms. The van der Waals surface area contributed by atoms with E-state index in [1.165, 1.54) is 35.2 Å². The Morgan fingerprint density at radius 3 is 2.32 bits per heavy atom. The number of piperidine rings is 3. The molecular weight excluding hydrogens is 274 g/mol. The number of nitrogens with zero attached hydrogens (tertiary/aromatic N) is 3. The molecule has 2 atom stereocenters. The van der Waals surface area contributed by atoms with Crippen LogP contribution in [-0.4, -0.2) is 40.7 Å². The first-order chi connectivity index (χ1) is 10.5. The Morgan fingerprint density at radius 2 is 1.73 bits per heavy atom. The summed E-state index contributed by atoms with van der Waals surface area (Å²) in [6, 6.07) is 6.96. The minimum atomic E-state index is 0.0478. The first-order valence-electron chi connectivity index (χ1n) is 8.25. The van der Waals surface area contributed by atoms with Crippen LogP contribution < -0.4 is 0 Å². The molecule has 3 fully saturated rings. The minimum Gasteiger partial charge on any atom is -0.293 e. The van der Waals surface area contributed by atoms with Gasteiger partial charge in [-0.1, -0.05) is 29.3 Å². The molecule has 0 aliphatic carbocycles. The van der Waals surface area contributed by atoms with Gasteiger partial charge in [0, 0.05) is 12.8 Å². The second kappa shape index (κ2) is 4.92. The molecule has 116 valence electrons. The molecule has 4 heterocycles. The largest absolute Gasteiger partial charge is 0.293 e. The van der Waals surface area contributed by atoms with Gasteiger partial charge in [0.2, 0.25) is 5.91 Å². The molecule has 5 rings (SSSR count). The van der Waals surface area contributed by atoms with Gasteiger partial charge in [0.25, 0.3) is 0 Å². The van der Waals surface area contributed by atoms with Crippen LogP contribution in [0.2, 0.25) is 0 Å². The standard InChI is InChI=1S/C18H23N3O/c1-11-8-12(2)10-15(9-11)17-18-16(19-21(17)13(3)22)14-4-6-20(18)7-5-14/h8-10,14,17-18H,4-7H2,1-3H3. The molecule has 1 amide bonds. The van der Waals surface area contributed by atoms with Crippen molar-refractivity contribution in [3.8, 4) is 0 Å². The Hall–Kier alpha value is -1.68. The lowest BCUT2D eigenvalue weighted by Gasteiger charge is -2.46. The number of carbonyl (C=O) groups excluding carboxylic acids is 1. The molecule has 4 heteroatoms. The summed E-state index contributed by atoms with van der Waals surface area (Å²) in [5.41, 5.74) is 4.98. The fourth-order valence-corrected chi connectivity index (χ4v) is 4.49. The van der Waals surface area contributed by atoms with Crippen LogP contribution in [0.1, 0.15) is 42.5 Å². The van der Waals surface area contributed by atoms with E-state index < -0.39 is 0 Å². The molecule has 0 radical (unpaired) electrons. The van der Waals surface area contributed by atoms with Crippen molar-refractivity contribution in [2.75, 3.05) is 13.1 Å². The Morgan fingerprint density at radius 1 is 1.09 bits per heavy atom. The molecule has 0 saturated carbocycles. The highest BCUT2D eigenvalue weighted by Crippen LogP contribution is 2.43. The van der Waals surface area contributed by atoms with E-state index in [2.05, 4.69) is 36.9 Å². The number of benzene rings is 1. The third kappa shape index (κ3) is 2.01. The Balaban J connectivity index is 1.81. The van der Waals surface area contributed by atoms with Gasteiger partial charge in [-0.15, -0.1) is 0 Å². The van der Waals surface area contributed by atoms with Gasteiger partial charge in [0.1, 0.15) is 6.04 Å². The van der Waals surface area contributed by atoms with E-state index in [4.69, 9.17) is 5.10 Å². The highest BCUT2D eigenvalue weighted by Gasteiger charge is 2.50. The summed E-state index contributed by atoms with van der Waals surface area (Å²) >= 11 is 0. The number of aryl methyl sites for hydroxylation is 2. The number of hydrogen-bond donors (Lipinski definition) is 0. The van der Waals surface area contributed by atoms with E-state index in [1.807, 2.05) is 0 Å². The van der Waals surface area contributed by atoms with E-state index in [0.29, 0.717) is 5.92 Å². The van der Waals surface area contributed by atoms with Crippen molar-refractivity contribution < 1.29 is 4.79 Å². The zero-order valence-corrected chi connectivity index (χ0v) is 13.5. The predicted octanol–water partition coefficient (Wildman–Crippen LogP) is 2.66. The first kappa shape index (κ1) is 13.9. The Bertz CT molecular complexity index is 638. The van der Waals surface area contributed by atoms with E-state index in [-0.39, 0.29) is 18.0 Å². The zero-order valence-electron chi connectivity index (χ0n) is 13.5. The van der Waals surface area contributed by atoms with Crippen molar-refractivity contribution >= 4 is 11.6 Å². The maximum absolute atomic E-state index is 12.2. The maximum atomic E-state index is 12.2. The van der Waals surface area contributed by atoms with Gasteiger partial charge < -0.3 is 0 Å². The maximum Gasteiger partial charge on any atom is 0.240 e. The monoisotopic (exact) mass is 297 g/mol. The lowest BCUT2D eigenvalue weighted by atomic mass is 9.78. The predicted molar refractivity (Wildman–Crippen MR) is 86.7 cm³/mol. The third-order valence-corrected chi connectivity index (χ3v) is 5.34. The van der Waals surface area contributed by atoms with Crippen molar-refractivity contribution in [3.63, 3.8) is 0 Å². The van der Waals surface area contributed by atoms with Crippen LogP contribution in [0, 0.1) is 19.8 Å². The summed E-state index contributed by atoms with van der Waals surface area (Å²) in [6.45, 7) is 8.16. The number of rotatable bonds is 1. The Labute approximate surface area is 131 Å². The van der Waals surface area contributed by atoms with E-state index >= 15 is 0 Å². The van der Waals surface area contributed by atoms with E-state index in [1.54, 1.807) is 11.9 Å². The summed E-state index contributed by atoms with van der Waals surface area (Å²) < 4.78 is 0. The van der Waals surface area contributed by atoms with Gasteiger partial charge in [-0.05, 0) is 45.3 Å². The highest BCUT2D eigenvalue weighted by molar-refractivity contribution is 5.97. The van der Waals surface area contributed by atoms with Crippen LogP contribution in [0.15, 0.2) is 23.3 Å². The summed E-state index contributed by atoms with van der Waals surface area (Å²) in [7, 11) is 0. The summed E-state index contributed by atoms with van der Waals surface area (Å²) in [5, 5.41) is 6.51. The number of amides is 1. The van der Waals surface area contributed by atoms with Crippen LogP contribution >= 0.6 is 0 Å². The molecule has 4 nitrogen and oxygen atoms in total. The van der Waals surface area contributed by atoms with Crippen molar-refractivity contribution in [3.05, 3.63) is 34.9 Å². The molecule has 4 aliphatic heterocycles. The highest BCUT2D eigenvalue weighted by atomic mass is 16.2. The van der Waals surface area contributed by atoms with Crippen LogP contribution in [-0.2, 0) is 4.79 Å². The van der Waals surface area contributed by atoms with Gasteiger partial charge in [-0.25, -0.2) is 5.01 Å².